The summed E-state index contributed by atoms with van der Waals surface area (Å²) in [5, 5.41) is 42.1. The normalized spacial score (nSPS) is 24.1. The van der Waals surface area contributed by atoms with Gasteiger partial charge in [0, 0.05) is 47.1 Å². The molecule has 3 heterocycles. The van der Waals surface area contributed by atoms with E-state index in [0.29, 0.717) is 29.0 Å². The van der Waals surface area contributed by atoms with Gasteiger partial charge in [0.15, 0.2) is 11.5 Å². The van der Waals surface area contributed by atoms with Gasteiger partial charge in [0.1, 0.15) is 29.1 Å². The summed E-state index contributed by atoms with van der Waals surface area (Å²) in [6.07, 6.45) is -1.17. The highest BCUT2D eigenvalue weighted by atomic mass is 16.7. The lowest BCUT2D eigenvalue weighted by Gasteiger charge is -2.48. The van der Waals surface area contributed by atoms with Crippen LogP contribution in [0, 0.1) is 20.8 Å². The van der Waals surface area contributed by atoms with E-state index in [9.17, 15) is 20.4 Å². The van der Waals surface area contributed by atoms with Crippen molar-refractivity contribution in [1.82, 2.24) is 0 Å². The number of fused-ring (bicyclic) bond motifs is 8. The average molecular weight is 539 g/mol. The molecule has 4 aromatic carbocycles. The average Bonchev–Trinajstić information content (AvgIpc) is 2.93. The number of ether oxygens (including phenoxy) is 3. The van der Waals surface area contributed by atoms with Crippen LogP contribution in [0.1, 0.15) is 63.0 Å². The summed E-state index contributed by atoms with van der Waals surface area (Å²) in [7, 11) is 0. The van der Waals surface area contributed by atoms with Crippen molar-refractivity contribution in [2.45, 2.75) is 57.5 Å². The van der Waals surface area contributed by atoms with Gasteiger partial charge in [0.05, 0.1) is 6.10 Å². The molecule has 0 spiro atoms. The first kappa shape index (κ1) is 24.7. The van der Waals surface area contributed by atoms with E-state index >= 15 is 0 Å². The second kappa shape index (κ2) is 8.57. The van der Waals surface area contributed by atoms with Crippen molar-refractivity contribution in [3.8, 4) is 34.5 Å². The van der Waals surface area contributed by atoms with E-state index in [0.717, 1.165) is 33.6 Å². The number of hydrogen-bond donors (Lipinski definition) is 4. The predicted octanol–water partition coefficient (Wildman–Crippen LogP) is 5.93. The van der Waals surface area contributed by atoms with Gasteiger partial charge in [-0.1, -0.05) is 24.3 Å². The van der Waals surface area contributed by atoms with Crippen LogP contribution < -0.4 is 14.2 Å². The molecule has 0 aliphatic carbocycles. The smallest absolute Gasteiger partial charge is 0.278 e. The molecule has 0 saturated carbocycles. The molecule has 0 aromatic heterocycles. The fourth-order valence-electron chi connectivity index (χ4n) is 6.40. The zero-order valence-corrected chi connectivity index (χ0v) is 22.4. The Balaban J connectivity index is 1.42. The van der Waals surface area contributed by atoms with E-state index in [2.05, 4.69) is 32.9 Å². The van der Waals surface area contributed by atoms with Crippen LogP contribution in [0.2, 0.25) is 0 Å². The Labute approximate surface area is 231 Å². The summed E-state index contributed by atoms with van der Waals surface area (Å²) in [6, 6.07) is 18.1. The van der Waals surface area contributed by atoms with E-state index < -0.39 is 18.0 Å². The zero-order valence-electron chi connectivity index (χ0n) is 22.4. The van der Waals surface area contributed by atoms with Gasteiger partial charge in [-0.05, 0) is 73.4 Å². The second-order valence-corrected chi connectivity index (χ2v) is 11.2. The Morgan fingerprint density at radius 1 is 0.800 bits per heavy atom. The number of hydrogen-bond acceptors (Lipinski definition) is 7. The molecule has 4 N–H and O–H groups in total. The molecule has 4 unspecified atom stereocenters. The first-order chi connectivity index (χ1) is 19.1. The van der Waals surface area contributed by atoms with Gasteiger partial charge in [-0.25, -0.2) is 0 Å². The zero-order chi connectivity index (χ0) is 27.9. The number of aromatic hydroxyl groups is 3. The molecule has 3 aliphatic rings. The highest BCUT2D eigenvalue weighted by Crippen LogP contribution is 2.60. The summed E-state index contributed by atoms with van der Waals surface area (Å²) < 4.78 is 19.9. The quantitative estimate of drug-likeness (QED) is 0.235. The molecule has 0 fully saturated rings. The Kier molecular flexibility index (Phi) is 5.28. The number of rotatable bonds is 2. The molecule has 40 heavy (non-hydrogen) atoms. The van der Waals surface area contributed by atoms with Crippen molar-refractivity contribution >= 4 is 0 Å². The third-order valence-electron chi connectivity index (χ3n) is 8.73. The van der Waals surface area contributed by atoms with Crippen molar-refractivity contribution in [1.29, 1.82) is 0 Å². The predicted molar refractivity (Wildman–Crippen MR) is 147 cm³/mol. The SMILES string of the molecule is Cc1cc(C23CC(c4ccccc4O2)c2c(cc(O)c4c2OC(c2ccc(O)c(O)c2)C(O)C4)O3)cc(C)c1C. The minimum Gasteiger partial charge on any atom is -0.507 e. The standard InChI is InChI=1S/C33H30O7/c1-16-10-20(11-17(2)18(16)3)33-15-23(21-6-4-5-7-28(21)39-33)30-29(40-33)14-25(35)22-13-27(37)31(38-32(22)30)19-8-9-24(34)26(36)12-19/h4-12,14,23,27,31,34-37H,13,15H2,1-3H3. The number of benzene rings is 4. The summed E-state index contributed by atoms with van der Waals surface area (Å²) in [4.78, 5) is 0. The summed E-state index contributed by atoms with van der Waals surface area (Å²) in [6.45, 7) is 6.26. The number of aryl methyl sites for hydroxylation is 2. The van der Waals surface area contributed by atoms with E-state index in [4.69, 9.17) is 14.2 Å². The third-order valence-corrected chi connectivity index (χ3v) is 8.73. The largest absolute Gasteiger partial charge is 0.507 e. The fourth-order valence-corrected chi connectivity index (χ4v) is 6.40. The van der Waals surface area contributed by atoms with Crippen LogP contribution in [0.25, 0.3) is 0 Å². The van der Waals surface area contributed by atoms with Crippen LogP contribution in [0.5, 0.6) is 34.5 Å². The van der Waals surface area contributed by atoms with Gasteiger partial charge in [-0.3, -0.25) is 0 Å². The van der Waals surface area contributed by atoms with Gasteiger partial charge in [0.2, 0.25) is 0 Å². The molecule has 4 atom stereocenters. The monoisotopic (exact) mass is 538 g/mol. The van der Waals surface area contributed by atoms with E-state index in [1.165, 1.54) is 17.7 Å². The Morgan fingerprint density at radius 3 is 2.27 bits per heavy atom. The number of phenolic OH excluding ortho intramolecular Hbond substituents is 3. The lowest BCUT2D eigenvalue weighted by molar-refractivity contribution is -0.149. The highest BCUT2D eigenvalue weighted by Gasteiger charge is 2.52. The second-order valence-electron chi connectivity index (χ2n) is 11.2. The van der Waals surface area contributed by atoms with Crippen LogP contribution in [0.3, 0.4) is 0 Å². The lowest BCUT2D eigenvalue weighted by atomic mass is 9.76. The number of para-hydroxylation sites is 1. The Bertz CT molecular complexity index is 1670. The van der Waals surface area contributed by atoms with Crippen molar-refractivity contribution < 1.29 is 34.6 Å². The fraction of sp³-hybridized carbons (Fsp3) is 0.273. The molecule has 0 saturated heterocycles. The van der Waals surface area contributed by atoms with Gasteiger partial charge in [0.25, 0.3) is 5.79 Å². The molecular weight excluding hydrogens is 508 g/mol. The van der Waals surface area contributed by atoms with Crippen molar-refractivity contribution in [3.05, 3.63) is 105 Å². The van der Waals surface area contributed by atoms with Gasteiger partial charge in [-0.15, -0.1) is 0 Å². The minimum atomic E-state index is -1.10. The summed E-state index contributed by atoms with van der Waals surface area (Å²) in [5.74, 6) is -0.217. The number of aliphatic hydroxyl groups excluding tert-OH is 1. The van der Waals surface area contributed by atoms with E-state index in [1.807, 2.05) is 24.3 Å². The highest BCUT2D eigenvalue weighted by molar-refractivity contribution is 5.65. The van der Waals surface area contributed by atoms with Crippen LogP contribution >= 0.6 is 0 Å². The molecule has 7 rings (SSSR count). The topological polar surface area (TPSA) is 109 Å². The maximum atomic E-state index is 11.1. The molecule has 7 heteroatoms. The van der Waals surface area contributed by atoms with Crippen molar-refractivity contribution in [3.63, 3.8) is 0 Å². The first-order valence-electron chi connectivity index (χ1n) is 13.5. The molecule has 3 aliphatic heterocycles. The van der Waals surface area contributed by atoms with Gasteiger partial charge in [-0.2, -0.15) is 0 Å². The Morgan fingerprint density at radius 2 is 1.52 bits per heavy atom. The molecule has 4 aromatic rings. The van der Waals surface area contributed by atoms with Crippen LogP contribution in [-0.2, 0) is 12.2 Å². The van der Waals surface area contributed by atoms with Gasteiger partial charge < -0.3 is 34.6 Å². The van der Waals surface area contributed by atoms with E-state index in [1.54, 1.807) is 12.1 Å². The van der Waals surface area contributed by atoms with Crippen LogP contribution in [0.15, 0.2) is 60.7 Å². The number of phenols is 3. The van der Waals surface area contributed by atoms with E-state index in [-0.39, 0.29) is 29.6 Å². The first-order valence-corrected chi connectivity index (χ1v) is 13.5. The lowest BCUT2D eigenvalue weighted by Crippen LogP contribution is -2.47. The van der Waals surface area contributed by atoms with Crippen molar-refractivity contribution in [2.24, 2.45) is 0 Å². The molecule has 0 amide bonds. The minimum absolute atomic E-state index is 0.0283. The molecule has 204 valence electrons. The molecule has 2 bridgehead atoms. The maximum Gasteiger partial charge on any atom is 0.278 e. The van der Waals surface area contributed by atoms with Crippen LogP contribution in [-0.4, -0.2) is 26.5 Å². The maximum absolute atomic E-state index is 11.1. The third kappa shape index (κ3) is 3.54. The molecule has 7 nitrogen and oxygen atoms in total. The number of aliphatic hydroxyl groups is 1. The summed E-state index contributed by atoms with van der Waals surface area (Å²) >= 11 is 0. The summed E-state index contributed by atoms with van der Waals surface area (Å²) in [5.41, 5.74) is 7.21. The van der Waals surface area contributed by atoms with Crippen molar-refractivity contribution in [2.75, 3.05) is 0 Å². The van der Waals surface area contributed by atoms with Crippen LogP contribution in [0.4, 0.5) is 0 Å². The molecule has 0 radical (unpaired) electrons. The molecular formula is C33H30O7. The van der Waals surface area contributed by atoms with Gasteiger partial charge >= 0.3 is 0 Å². The Hall–Kier alpha value is -4.36.